The first-order chi connectivity index (χ1) is 10.7. The minimum atomic E-state index is -0.355. The summed E-state index contributed by atoms with van der Waals surface area (Å²) in [6, 6.07) is 7.21. The molecule has 0 amide bonds. The van der Waals surface area contributed by atoms with Crippen LogP contribution < -0.4 is 10.6 Å². The van der Waals surface area contributed by atoms with Crippen LogP contribution in [0.15, 0.2) is 29.3 Å². The van der Waals surface area contributed by atoms with Gasteiger partial charge in [-0.15, -0.1) is 24.0 Å². The number of benzene rings is 1. The van der Waals surface area contributed by atoms with Gasteiger partial charge in [0, 0.05) is 18.7 Å². The Hall–Kier alpha value is -1.38. The van der Waals surface area contributed by atoms with Crippen LogP contribution >= 0.6 is 24.0 Å². The molecule has 1 saturated carbocycles. The molecule has 0 aliphatic heterocycles. The van der Waals surface area contributed by atoms with E-state index in [2.05, 4.69) is 15.6 Å². The maximum atomic E-state index is 11.0. The average Bonchev–Trinajstić information content (AvgIpc) is 2.54. The molecule has 2 rings (SSSR count). The highest BCUT2D eigenvalue weighted by atomic mass is 127. The second-order valence-electron chi connectivity index (χ2n) is 5.56. The molecule has 0 bridgehead atoms. The number of guanidine groups is 1. The summed E-state index contributed by atoms with van der Waals surface area (Å²) in [7, 11) is 0. The number of hydrogen-bond acceptors (Lipinski definition) is 3. The first-order valence-corrected chi connectivity index (χ1v) is 7.98. The summed E-state index contributed by atoms with van der Waals surface area (Å²) in [5, 5.41) is 17.7. The van der Waals surface area contributed by atoms with Crippen LogP contribution in [0.25, 0.3) is 0 Å². The normalized spacial score (nSPS) is 15.6. The Balaban J connectivity index is 0.00000264. The SMILES string of the molecule is CCNC(=NCc1ccccc1[N+](=O)[O-])NC1CCCCC1.I. The quantitative estimate of drug-likeness (QED) is 0.245. The van der Waals surface area contributed by atoms with E-state index in [1.807, 2.05) is 6.92 Å². The standard InChI is InChI=1S/C16H24N4O2.HI/c1-2-17-16(19-14-9-4-3-5-10-14)18-12-13-8-6-7-11-15(13)20(21)22;/h6-8,11,14H,2-5,9-10,12H2,1H3,(H2,17,18,19);1H. The number of para-hydroxylation sites is 1. The van der Waals surface area contributed by atoms with Gasteiger partial charge >= 0.3 is 0 Å². The van der Waals surface area contributed by atoms with Crippen LogP contribution in [0.1, 0.15) is 44.6 Å². The summed E-state index contributed by atoms with van der Waals surface area (Å²) < 4.78 is 0. The van der Waals surface area contributed by atoms with Crippen molar-refractivity contribution in [2.45, 2.75) is 51.6 Å². The van der Waals surface area contributed by atoms with Crippen LogP contribution in [0.4, 0.5) is 5.69 Å². The Labute approximate surface area is 154 Å². The summed E-state index contributed by atoms with van der Waals surface area (Å²) in [6.07, 6.45) is 6.14. The monoisotopic (exact) mass is 432 g/mol. The number of hydrogen-bond donors (Lipinski definition) is 2. The van der Waals surface area contributed by atoms with Gasteiger partial charge in [0.05, 0.1) is 17.0 Å². The fraction of sp³-hybridized carbons (Fsp3) is 0.562. The van der Waals surface area contributed by atoms with Crippen LogP contribution in [-0.2, 0) is 6.54 Å². The van der Waals surface area contributed by atoms with Gasteiger partial charge in [0.1, 0.15) is 0 Å². The number of nitrogens with one attached hydrogen (secondary N) is 2. The second kappa shape index (κ2) is 10.4. The first-order valence-electron chi connectivity index (χ1n) is 7.98. The molecule has 128 valence electrons. The molecule has 0 atom stereocenters. The molecule has 0 unspecified atom stereocenters. The van der Waals surface area contributed by atoms with Gasteiger partial charge in [-0.2, -0.15) is 0 Å². The summed E-state index contributed by atoms with van der Waals surface area (Å²) in [5.74, 6) is 0.743. The van der Waals surface area contributed by atoms with Crippen molar-refractivity contribution < 1.29 is 4.92 Å². The molecular weight excluding hydrogens is 407 g/mol. The molecule has 1 fully saturated rings. The second-order valence-corrected chi connectivity index (χ2v) is 5.56. The Kier molecular flexibility index (Phi) is 8.90. The van der Waals surface area contributed by atoms with Crippen LogP contribution in [0.5, 0.6) is 0 Å². The minimum absolute atomic E-state index is 0. The maximum absolute atomic E-state index is 11.0. The summed E-state index contributed by atoms with van der Waals surface area (Å²) in [5.41, 5.74) is 0.758. The smallest absolute Gasteiger partial charge is 0.274 e. The predicted molar refractivity (Wildman–Crippen MR) is 103 cm³/mol. The van der Waals surface area contributed by atoms with Crippen molar-refractivity contribution in [3.63, 3.8) is 0 Å². The van der Waals surface area contributed by atoms with Gasteiger partial charge in [0.15, 0.2) is 5.96 Å². The van der Waals surface area contributed by atoms with Crippen molar-refractivity contribution in [3.05, 3.63) is 39.9 Å². The summed E-state index contributed by atoms with van der Waals surface area (Å²) >= 11 is 0. The van der Waals surface area contributed by atoms with E-state index in [0.29, 0.717) is 18.2 Å². The molecule has 7 heteroatoms. The van der Waals surface area contributed by atoms with Gasteiger partial charge in [-0.25, -0.2) is 4.99 Å². The van der Waals surface area contributed by atoms with E-state index in [1.165, 1.54) is 25.3 Å². The number of nitro groups is 1. The van der Waals surface area contributed by atoms with E-state index >= 15 is 0 Å². The minimum Gasteiger partial charge on any atom is -0.357 e. The molecule has 1 aromatic rings. The molecule has 0 spiro atoms. The third-order valence-electron chi connectivity index (χ3n) is 3.89. The third kappa shape index (κ3) is 6.32. The Morgan fingerprint density at radius 3 is 2.65 bits per heavy atom. The Morgan fingerprint density at radius 1 is 1.30 bits per heavy atom. The largest absolute Gasteiger partial charge is 0.357 e. The molecule has 23 heavy (non-hydrogen) atoms. The highest BCUT2D eigenvalue weighted by Crippen LogP contribution is 2.19. The van der Waals surface area contributed by atoms with E-state index in [-0.39, 0.29) is 34.6 Å². The van der Waals surface area contributed by atoms with E-state index in [4.69, 9.17) is 0 Å². The third-order valence-corrected chi connectivity index (χ3v) is 3.89. The van der Waals surface area contributed by atoms with Crippen LogP contribution in [0.3, 0.4) is 0 Å². The summed E-state index contributed by atoms with van der Waals surface area (Å²) in [4.78, 5) is 15.2. The van der Waals surface area contributed by atoms with Crippen LogP contribution in [0, 0.1) is 10.1 Å². The Bertz CT molecular complexity index is 531. The lowest BCUT2D eigenvalue weighted by atomic mass is 9.96. The number of nitrogens with zero attached hydrogens (tertiary/aromatic N) is 2. The highest BCUT2D eigenvalue weighted by molar-refractivity contribution is 14.0. The summed E-state index contributed by atoms with van der Waals surface area (Å²) in [6.45, 7) is 3.09. The van der Waals surface area contributed by atoms with Gasteiger partial charge in [-0.3, -0.25) is 10.1 Å². The van der Waals surface area contributed by atoms with Crippen molar-refractivity contribution in [1.82, 2.24) is 10.6 Å². The molecule has 1 aliphatic rings. The number of rotatable bonds is 5. The van der Waals surface area contributed by atoms with Crippen molar-refractivity contribution in [3.8, 4) is 0 Å². The van der Waals surface area contributed by atoms with Gasteiger partial charge in [0.25, 0.3) is 5.69 Å². The lowest BCUT2D eigenvalue weighted by Crippen LogP contribution is -2.44. The van der Waals surface area contributed by atoms with Crippen molar-refractivity contribution in [2.24, 2.45) is 4.99 Å². The molecule has 0 heterocycles. The van der Waals surface area contributed by atoms with Crippen molar-refractivity contribution in [2.75, 3.05) is 6.54 Å². The molecule has 2 N–H and O–H groups in total. The van der Waals surface area contributed by atoms with E-state index in [9.17, 15) is 10.1 Å². The Morgan fingerprint density at radius 2 is 2.00 bits per heavy atom. The topological polar surface area (TPSA) is 79.6 Å². The molecule has 1 aliphatic carbocycles. The molecular formula is C16H25IN4O2. The lowest BCUT2D eigenvalue weighted by molar-refractivity contribution is -0.385. The van der Waals surface area contributed by atoms with Gasteiger partial charge in [0.2, 0.25) is 0 Å². The zero-order chi connectivity index (χ0) is 15.8. The highest BCUT2D eigenvalue weighted by Gasteiger charge is 2.15. The predicted octanol–water partition coefficient (Wildman–Crippen LogP) is 3.60. The zero-order valence-electron chi connectivity index (χ0n) is 13.5. The number of halogens is 1. The number of aliphatic imine (C=N–C) groups is 1. The molecule has 0 radical (unpaired) electrons. The van der Waals surface area contributed by atoms with E-state index in [1.54, 1.807) is 18.2 Å². The fourth-order valence-corrected chi connectivity index (χ4v) is 2.75. The van der Waals surface area contributed by atoms with Gasteiger partial charge in [-0.1, -0.05) is 37.5 Å². The maximum Gasteiger partial charge on any atom is 0.274 e. The number of nitro benzene ring substituents is 1. The van der Waals surface area contributed by atoms with E-state index < -0.39 is 0 Å². The fourth-order valence-electron chi connectivity index (χ4n) is 2.75. The van der Waals surface area contributed by atoms with Gasteiger partial charge in [-0.05, 0) is 19.8 Å². The zero-order valence-corrected chi connectivity index (χ0v) is 15.8. The average molecular weight is 432 g/mol. The lowest BCUT2D eigenvalue weighted by Gasteiger charge is -2.24. The van der Waals surface area contributed by atoms with Crippen LogP contribution in [0.2, 0.25) is 0 Å². The molecule has 1 aromatic carbocycles. The van der Waals surface area contributed by atoms with Crippen LogP contribution in [-0.4, -0.2) is 23.5 Å². The van der Waals surface area contributed by atoms with E-state index in [0.717, 1.165) is 25.3 Å². The van der Waals surface area contributed by atoms with Gasteiger partial charge < -0.3 is 10.6 Å². The first kappa shape index (κ1) is 19.7. The van der Waals surface area contributed by atoms with Crippen molar-refractivity contribution in [1.29, 1.82) is 0 Å². The molecule has 0 aromatic heterocycles. The van der Waals surface area contributed by atoms with Crippen molar-refractivity contribution >= 4 is 35.6 Å². The molecule has 6 nitrogen and oxygen atoms in total. The molecule has 0 saturated heterocycles.